The number of aromatic amines is 1. The van der Waals surface area contributed by atoms with Crippen LogP contribution < -0.4 is 4.74 Å². The molecule has 0 aliphatic rings. The normalized spacial score (nSPS) is 12.4. The summed E-state index contributed by atoms with van der Waals surface area (Å²) in [7, 11) is 1.53. The van der Waals surface area contributed by atoms with Gasteiger partial charge in [0.2, 0.25) is 0 Å². The fraction of sp³-hybridized carbons (Fsp3) is 0.250. The third-order valence-electron chi connectivity index (χ3n) is 2.47. The number of hydrogen-bond acceptors (Lipinski definition) is 2. The molecule has 0 saturated carbocycles. The molecule has 5 heteroatoms. The van der Waals surface area contributed by atoms with E-state index in [9.17, 15) is 4.39 Å². The first kappa shape index (κ1) is 12.1. The lowest BCUT2D eigenvalue weighted by molar-refractivity contribution is 0.404. The summed E-state index contributed by atoms with van der Waals surface area (Å²) < 4.78 is 18.9. The molecular formula is C12H12BrFN2O. The number of hydrogen-bond donors (Lipinski definition) is 1. The van der Waals surface area contributed by atoms with E-state index in [1.807, 2.05) is 0 Å². The molecule has 1 atom stereocenters. The molecule has 0 aliphatic heterocycles. The van der Waals surface area contributed by atoms with Crippen LogP contribution in [-0.4, -0.2) is 17.1 Å². The zero-order valence-corrected chi connectivity index (χ0v) is 10.9. The highest BCUT2D eigenvalue weighted by Crippen LogP contribution is 2.35. The highest BCUT2D eigenvalue weighted by atomic mass is 79.9. The van der Waals surface area contributed by atoms with E-state index in [1.165, 1.54) is 13.2 Å². The molecule has 2 aromatic rings. The van der Waals surface area contributed by atoms with Crippen LogP contribution >= 0.6 is 15.9 Å². The van der Waals surface area contributed by atoms with E-state index in [0.717, 1.165) is 5.82 Å². The monoisotopic (exact) mass is 298 g/mol. The van der Waals surface area contributed by atoms with Crippen molar-refractivity contribution in [1.29, 1.82) is 0 Å². The summed E-state index contributed by atoms with van der Waals surface area (Å²) in [4.78, 5) is 6.93. The van der Waals surface area contributed by atoms with Gasteiger partial charge in [-0.05, 0) is 12.1 Å². The lowest BCUT2D eigenvalue weighted by Gasteiger charge is -2.14. The molecule has 0 bridgehead atoms. The minimum absolute atomic E-state index is 0.176. The van der Waals surface area contributed by atoms with E-state index >= 15 is 0 Å². The van der Waals surface area contributed by atoms with Crippen LogP contribution in [0.15, 0.2) is 30.6 Å². The molecule has 1 aromatic carbocycles. The molecule has 3 nitrogen and oxygen atoms in total. The van der Waals surface area contributed by atoms with Crippen molar-refractivity contribution in [3.05, 3.63) is 47.8 Å². The molecule has 0 fully saturated rings. The van der Waals surface area contributed by atoms with Crippen LogP contribution in [0.4, 0.5) is 4.39 Å². The number of nitrogens with zero attached hydrogens (tertiary/aromatic N) is 1. The minimum atomic E-state index is -0.280. The van der Waals surface area contributed by atoms with Gasteiger partial charge in [0.05, 0.1) is 11.9 Å². The number of nitrogens with one attached hydrogen (secondary N) is 1. The molecular weight excluding hydrogens is 287 g/mol. The summed E-state index contributed by atoms with van der Waals surface area (Å²) in [6, 6.07) is 4.80. The number of aromatic nitrogens is 2. The Bertz CT molecular complexity index is 487. The van der Waals surface area contributed by atoms with Crippen molar-refractivity contribution in [2.75, 3.05) is 7.11 Å². The van der Waals surface area contributed by atoms with Crippen LogP contribution in [0, 0.1) is 5.82 Å². The first-order valence-electron chi connectivity index (χ1n) is 5.17. The third-order valence-corrected chi connectivity index (χ3v) is 3.26. The molecule has 1 heterocycles. The predicted molar refractivity (Wildman–Crippen MR) is 66.9 cm³/mol. The van der Waals surface area contributed by atoms with Crippen molar-refractivity contribution in [2.45, 2.75) is 11.2 Å². The molecule has 0 spiro atoms. The number of halogens is 2. The van der Waals surface area contributed by atoms with Gasteiger partial charge in [0.25, 0.3) is 0 Å². The van der Waals surface area contributed by atoms with Crippen molar-refractivity contribution < 1.29 is 9.13 Å². The molecule has 2 rings (SSSR count). The molecule has 1 N–H and O–H groups in total. The highest BCUT2D eigenvalue weighted by Gasteiger charge is 2.19. The zero-order chi connectivity index (χ0) is 12.3. The van der Waals surface area contributed by atoms with E-state index in [4.69, 9.17) is 4.74 Å². The van der Waals surface area contributed by atoms with Crippen molar-refractivity contribution >= 4 is 15.9 Å². The second kappa shape index (κ2) is 5.31. The van der Waals surface area contributed by atoms with Crippen molar-refractivity contribution in [1.82, 2.24) is 9.97 Å². The van der Waals surface area contributed by atoms with Gasteiger partial charge in [-0.25, -0.2) is 9.37 Å². The van der Waals surface area contributed by atoms with Gasteiger partial charge in [0, 0.05) is 24.4 Å². The number of alkyl halides is 1. The largest absolute Gasteiger partial charge is 0.496 e. The molecule has 17 heavy (non-hydrogen) atoms. The van der Waals surface area contributed by atoms with Crippen LogP contribution in [0.5, 0.6) is 5.75 Å². The van der Waals surface area contributed by atoms with Crippen LogP contribution in [0.25, 0.3) is 0 Å². The second-order valence-corrected chi connectivity index (χ2v) is 4.67. The van der Waals surface area contributed by atoms with E-state index in [2.05, 4.69) is 25.9 Å². The van der Waals surface area contributed by atoms with Gasteiger partial charge in [0.15, 0.2) is 0 Å². The van der Waals surface area contributed by atoms with E-state index in [0.29, 0.717) is 17.7 Å². The quantitative estimate of drug-likeness (QED) is 0.880. The first-order valence-corrected chi connectivity index (χ1v) is 6.08. The van der Waals surface area contributed by atoms with Crippen LogP contribution in [-0.2, 0) is 6.42 Å². The summed E-state index contributed by atoms with van der Waals surface area (Å²) in [5.74, 6) is 1.06. The van der Waals surface area contributed by atoms with Gasteiger partial charge in [-0.1, -0.05) is 22.0 Å². The van der Waals surface area contributed by atoms with Crippen LogP contribution in [0.1, 0.15) is 16.2 Å². The number of ether oxygens (including phenoxy) is 1. The Hall–Kier alpha value is -1.36. The number of methoxy groups -OCH3 is 1. The standard InChI is InChI=1S/C12H12BrFN2O/c1-17-10-4-2-3-9(14)12(10)8(13)7-11-15-5-6-16-11/h2-6,8H,7H2,1H3,(H,15,16). The summed E-state index contributed by atoms with van der Waals surface area (Å²) in [6.07, 6.45) is 3.99. The Morgan fingerprint density at radius 2 is 2.35 bits per heavy atom. The van der Waals surface area contributed by atoms with Gasteiger partial charge in [-0.2, -0.15) is 0 Å². The number of rotatable bonds is 4. The van der Waals surface area contributed by atoms with Crippen molar-refractivity contribution in [3.8, 4) is 5.75 Å². The topological polar surface area (TPSA) is 37.9 Å². The average molecular weight is 299 g/mol. The average Bonchev–Trinajstić information content (AvgIpc) is 2.81. The van der Waals surface area contributed by atoms with E-state index < -0.39 is 0 Å². The SMILES string of the molecule is COc1cccc(F)c1C(Br)Cc1ncc[nH]1. The molecule has 0 aliphatic carbocycles. The fourth-order valence-corrected chi connectivity index (χ4v) is 2.43. The Balaban J connectivity index is 2.26. The van der Waals surface area contributed by atoms with Gasteiger partial charge in [0.1, 0.15) is 17.4 Å². The number of benzene rings is 1. The molecule has 1 aromatic heterocycles. The summed E-state index contributed by atoms with van der Waals surface area (Å²) in [6.45, 7) is 0. The molecule has 90 valence electrons. The minimum Gasteiger partial charge on any atom is -0.496 e. The smallest absolute Gasteiger partial charge is 0.131 e. The first-order chi connectivity index (χ1) is 8.22. The van der Waals surface area contributed by atoms with Crippen LogP contribution in [0.2, 0.25) is 0 Å². The van der Waals surface area contributed by atoms with Gasteiger partial charge in [-0.15, -0.1) is 0 Å². The molecule has 1 unspecified atom stereocenters. The summed E-state index contributed by atoms with van der Waals surface area (Å²) in [5, 5.41) is 0. The molecule has 0 saturated heterocycles. The number of H-pyrrole nitrogens is 1. The Morgan fingerprint density at radius 1 is 1.53 bits per heavy atom. The second-order valence-electron chi connectivity index (χ2n) is 3.56. The maximum Gasteiger partial charge on any atom is 0.131 e. The predicted octanol–water partition coefficient (Wildman–Crippen LogP) is 3.24. The highest BCUT2D eigenvalue weighted by molar-refractivity contribution is 9.09. The Labute approximate surface area is 107 Å². The third kappa shape index (κ3) is 2.66. The maximum absolute atomic E-state index is 13.8. The van der Waals surface area contributed by atoms with Gasteiger partial charge >= 0.3 is 0 Å². The van der Waals surface area contributed by atoms with E-state index in [-0.39, 0.29) is 10.6 Å². The molecule has 0 amide bonds. The van der Waals surface area contributed by atoms with Crippen molar-refractivity contribution in [2.24, 2.45) is 0 Å². The zero-order valence-electron chi connectivity index (χ0n) is 9.28. The fourth-order valence-electron chi connectivity index (χ4n) is 1.68. The number of imidazole rings is 1. The van der Waals surface area contributed by atoms with Gasteiger partial charge < -0.3 is 9.72 Å². The molecule has 0 radical (unpaired) electrons. The lowest BCUT2D eigenvalue weighted by atomic mass is 10.1. The lowest BCUT2D eigenvalue weighted by Crippen LogP contribution is -2.03. The summed E-state index contributed by atoms with van der Waals surface area (Å²) >= 11 is 3.47. The maximum atomic E-state index is 13.8. The van der Waals surface area contributed by atoms with E-state index in [1.54, 1.807) is 24.5 Å². The Morgan fingerprint density at radius 3 is 3.00 bits per heavy atom. The summed E-state index contributed by atoms with van der Waals surface area (Å²) in [5.41, 5.74) is 0.520. The Kier molecular flexibility index (Phi) is 3.78. The van der Waals surface area contributed by atoms with Gasteiger partial charge in [-0.3, -0.25) is 0 Å². The van der Waals surface area contributed by atoms with Crippen molar-refractivity contribution in [3.63, 3.8) is 0 Å². The van der Waals surface area contributed by atoms with Crippen LogP contribution in [0.3, 0.4) is 0 Å².